The number of carbonyl (C=O) groups excluding carboxylic acids is 1. The molecule has 0 saturated heterocycles. The number of anilines is 2. The zero-order valence-corrected chi connectivity index (χ0v) is 24.2. The van der Waals surface area contributed by atoms with Crippen LogP contribution in [0.4, 0.5) is 29.2 Å². The summed E-state index contributed by atoms with van der Waals surface area (Å²) in [5.41, 5.74) is 0.218. The van der Waals surface area contributed by atoms with E-state index in [-0.39, 0.29) is 40.0 Å². The third kappa shape index (κ3) is 5.97. The van der Waals surface area contributed by atoms with Crippen LogP contribution in [0.5, 0.6) is 0 Å². The zero-order valence-electron chi connectivity index (χ0n) is 23.4. The molecular weight excluding hydrogens is 574 g/mol. The van der Waals surface area contributed by atoms with Gasteiger partial charge in [-0.3, -0.25) is 4.79 Å². The van der Waals surface area contributed by atoms with Crippen molar-refractivity contribution in [1.82, 2.24) is 19.7 Å². The molecule has 2 aromatic heterocycles. The molecule has 1 saturated carbocycles. The molecule has 0 amide bonds. The van der Waals surface area contributed by atoms with Gasteiger partial charge in [0.2, 0.25) is 5.95 Å². The minimum Gasteiger partial charge on any atom is -0.460 e. The third-order valence-electron chi connectivity index (χ3n) is 7.09. The summed E-state index contributed by atoms with van der Waals surface area (Å²) >= 11 is 5.88. The highest BCUT2D eigenvalue weighted by molar-refractivity contribution is 6.31. The number of alkyl halides is 3. The first-order chi connectivity index (χ1) is 19.5. The van der Waals surface area contributed by atoms with Gasteiger partial charge in [0, 0.05) is 29.6 Å². The molecule has 2 aromatic carbocycles. The molecule has 0 unspecified atom stereocenters. The van der Waals surface area contributed by atoms with E-state index in [1.807, 2.05) is 52.8 Å². The average Bonchev–Trinajstić information content (AvgIpc) is 3.20. The summed E-state index contributed by atoms with van der Waals surface area (Å²) in [5.74, 6) is -1.25. The van der Waals surface area contributed by atoms with Crippen LogP contribution < -0.4 is 5.32 Å². The lowest BCUT2D eigenvalue weighted by Gasteiger charge is -2.20. The van der Waals surface area contributed by atoms with E-state index in [1.165, 1.54) is 30.6 Å². The second kappa shape index (κ2) is 10.4. The number of halogens is 5. The fourth-order valence-corrected chi connectivity index (χ4v) is 5.25. The number of hydrogen-bond donors (Lipinski definition) is 1. The van der Waals surface area contributed by atoms with Crippen LogP contribution in [0.15, 0.2) is 60.9 Å². The fourth-order valence-electron chi connectivity index (χ4n) is 5.07. The first kappa shape index (κ1) is 29.5. The molecule has 42 heavy (non-hydrogen) atoms. The van der Waals surface area contributed by atoms with Crippen molar-refractivity contribution in [2.45, 2.75) is 52.3 Å². The highest BCUT2D eigenvalue weighted by atomic mass is 35.5. The number of nitrogens with one attached hydrogen (secondary N) is 1. The molecule has 0 bridgehead atoms. The lowest BCUT2D eigenvalue weighted by Crippen LogP contribution is -2.26. The Morgan fingerprint density at radius 3 is 2.48 bits per heavy atom. The molecule has 1 aliphatic carbocycles. The Bertz CT molecular complexity index is 1660. The lowest BCUT2D eigenvalue weighted by molar-refractivity contribution is -0.157. The molecule has 7 nitrogen and oxygen atoms in total. The molecule has 12 heteroatoms. The topological polar surface area (TPSA) is 81.9 Å². The molecule has 0 aliphatic heterocycles. The Hall–Kier alpha value is -3.99. The number of rotatable bonds is 6. The Kier molecular flexibility index (Phi) is 7.29. The molecule has 1 fully saturated rings. The van der Waals surface area contributed by atoms with Crippen molar-refractivity contribution in [3.8, 4) is 16.9 Å². The maximum Gasteiger partial charge on any atom is 0.435 e. The first-order valence-corrected chi connectivity index (χ1v) is 13.5. The molecule has 5 rings (SSSR count). The second-order valence-electron chi connectivity index (χ2n) is 11.8. The van der Waals surface area contributed by atoms with Crippen LogP contribution in [0.25, 0.3) is 16.9 Å². The molecule has 0 radical (unpaired) electrons. The van der Waals surface area contributed by atoms with E-state index in [0.717, 1.165) is 16.3 Å². The molecule has 2 heterocycles. The Morgan fingerprint density at radius 2 is 1.83 bits per heavy atom. The van der Waals surface area contributed by atoms with Crippen LogP contribution in [0.3, 0.4) is 0 Å². The zero-order chi connectivity index (χ0) is 30.6. The summed E-state index contributed by atoms with van der Waals surface area (Å²) in [4.78, 5) is 21.8. The van der Waals surface area contributed by atoms with Crippen molar-refractivity contribution in [3.63, 3.8) is 0 Å². The number of carbonyl (C=O) groups is 1. The van der Waals surface area contributed by atoms with Gasteiger partial charge in [0.15, 0.2) is 11.5 Å². The number of nitrogens with zero attached hydrogens (tertiary/aromatic N) is 4. The minimum atomic E-state index is -4.65. The molecule has 220 valence electrons. The van der Waals surface area contributed by atoms with Gasteiger partial charge in [0.25, 0.3) is 0 Å². The molecule has 4 aromatic rings. The minimum absolute atomic E-state index is 0.0324. The summed E-state index contributed by atoms with van der Waals surface area (Å²) in [7, 11) is 0. The van der Waals surface area contributed by atoms with E-state index in [4.69, 9.17) is 16.3 Å². The van der Waals surface area contributed by atoms with E-state index >= 15 is 0 Å². The number of esters is 1. The number of benzene rings is 2. The molecular formula is C30H28ClF4N5O2. The van der Waals surface area contributed by atoms with Gasteiger partial charge in [-0.25, -0.2) is 14.1 Å². The second-order valence-corrected chi connectivity index (χ2v) is 12.2. The van der Waals surface area contributed by atoms with Crippen LogP contribution in [0.1, 0.15) is 51.8 Å². The van der Waals surface area contributed by atoms with Gasteiger partial charge in [-0.05, 0) is 61.6 Å². The normalized spacial score (nSPS) is 18.0. The summed E-state index contributed by atoms with van der Waals surface area (Å²) < 4.78 is 60.5. The van der Waals surface area contributed by atoms with E-state index in [9.17, 15) is 22.4 Å². The van der Waals surface area contributed by atoms with Gasteiger partial charge in [0.1, 0.15) is 11.4 Å². The van der Waals surface area contributed by atoms with E-state index in [1.54, 1.807) is 6.07 Å². The largest absolute Gasteiger partial charge is 0.460 e. The predicted octanol–water partition coefficient (Wildman–Crippen LogP) is 7.97. The Balaban J connectivity index is 1.54. The number of aromatic nitrogens is 4. The van der Waals surface area contributed by atoms with Crippen molar-refractivity contribution >= 4 is 29.2 Å². The van der Waals surface area contributed by atoms with Gasteiger partial charge in [-0.15, -0.1) is 0 Å². The average molecular weight is 602 g/mol. The maximum absolute atomic E-state index is 13.6. The summed E-state index contributed by atoms with van der Waals surface area (Å²) in [6.45, 7) is 9.45. The lowest BCUT2D eigenvalue weighted by atomic mass is 9.99. The van der Waals surface area contributed by atoms with Crippen molar-refractivity contribution in [2.75, 3.05) is 5.32 Å². The van der Waals surface area contributed by atoms with Gasteiger partial charge >= 0.3 is 12.1 Å². The molecule has 0 spiro atoms. The van der Waals surface area contributed by atoms with Crippen LogP contribution in [0.2, 0.25) is 5.02 Å². The summed E-state index contributed by atoms with van der Waals surface area (Å²) in [6.07, 6.45) is -2.02. The number of hydrogen-bond acceptors (Lipinski definition) is 6. The highest BCUT2D eigenvalue weighted by Crippen LogP contribution is 2.65. The predicted molar refractivity (Wildman–Crippen MR) is 150 cm³/mol. The molecule has 2 atom stereocenters. The first-order valence-electron chi connectivity index (χ1n) is 13.1. The van der Waals surface area contributed by atoms with Crippen molar-refractivity contribution in [1.29, 1.82) is 0 Å². The monoisotopic (exact) mass is 601 g/mol. The standard InChI is InChI=1S/C30H28ClF4N5O2/c1-28(2,3)42-26(41)24-23(29(24,4)5)17-8-6-7-16(13-17)19-15-36-27(37-18-9-10-21(32)20(31)14-18)38-25(19)40-12-11-22(39-40)30(33,34)35/h6-15,23-24H,1-5H3,(H,36,37,38)/t23-,24+/m1/s1. The van der Waals surface area contributed by atoms with Crippen LogP contribution >= 0.6 is 11.6 Å². The fraction of sp³-hybridized carbons (Fsp3) is 0.333. The Morgan fingerprint density at radius 1 is 1.10 bits per heavy atom. The van der Waals surface area contributed by atoms with Gasteiger partial charge in [-0.2, -0.15) is 23.3 Å². The summed E-state index contributed by atoms with van der Waals surface area (Å²) in [5, 5.41) is 6.49. The van der Waals surface area contributed by atoms with Gasteiger partial charge in [-0.1, -0.05) is 49.7 Å². The Labute approximate surface area is 244 Å². The van der Waals surface area contributed by atoms with Gasteiger partial charge < -0.3 is 10.1 Å². The van der Waals surface area contributed by atoms with Crippen molar-refractivity contribution < 1.29 is 27.1 Å². The van der Waals surface area contributed by atoms with E-state index < -0.39 is 23.3 Å². The van der Waals surface area contributed by atoms with Crippen molar-refractivity contribution in [3.05, 3.63) is 83.0 Å². The van der Waals surface area contributed by atoms with Crippen molar-refractivity contribution in [2.24, 2.45) is 11.3 Å². The number of ether oxygens (including phenoxy) is 1. The van der Waals surface area contributed by atoms with Crippen LogP contribution in [0, 0.1) is 17.2 Å². The highest BCUT2D eigenvalue weighted by Gasteiger charge is 2.63. The van der Waals surface area contributed by atoms with Crippen LogP contribution in [-0.4, -0.2) is 31.3 Å². The molecule has 1 N–H and O–H groups in total. The van der Waals surface area contributed by atoms with Gasteiger partial charge in [0.05, 0.1) is 10.9 Å². The quantitative estimate of drug-likeness (QED) is 0.178. The van der Waals surface area contributed by atoms with Crippen LogP contribution in [-0.2, 0) is 15.7 Å². The van der Waals surface area contributed by atoms with E-state index in [2.05, 4.69) is 20.4 Å². The smallest absolute Gasteiger partial charge is 0.435 e. The maximum atomic E-state index is 13.6. The SMILES string of the molecule is CC(C)(C)OC(=O)[C@@H]1[C@@H](c2cccc(-c3cnc(Nc4ccc(F)c(Cl)c4)nc3-n3ccc(C(F)(F)F)n3)c2)C1(C)C. The van der Waals surface area contributed by atoms with E-state index in [0.29, 0.717) is 16.8 Å². The summed E-state index contributed by atoms with van der Waals surface area (Å²) in [6, 6.07) is 12.2. The third-order valence-corrected chi connectivity index (χ3v) is 7.38. The molecule has 1 aliphatic rings.